The van der Waals surface area contributed by atoms with Crippen LogP contribution in [0.2, 0.25) is 5.28 Å². The summed E-state index contributed by atoms with van der Waals surface area (Å²) in [6.45, 7) is 4.73. The lowest BCUT2D eigenvalue weighted by molar-refractivity contribution is 0.0950. The average Bonchev–Trinajstić information content (AvgIpc) is 3.10. The van der Waals surface area contributed by atoms with Gasteiger partial charge in [-0.1, -0.05) is 0 Å². The zero-order valence-corrected chi connectivity index (χ0v) is 14.1. The number of hydrogen-bond donors (Lipinski definition) is 1. The lowest BCUT2D eigenvalue weighted by Crippen LogP contribution is -2.24. The zero-order valence-electron chi connectivity index (χ0n) is 13.4. The maximum absolute atomic E-state index is 12.4. The second kappa shape index (κ2) is 6.08. The summed E-state index contributed by atoms with van der Waals surface area (Å²) in [6.07, 6.45) is 2.02. The Bertz CT molecular complexity index is 863. The molecule has 1 amide bonds. The fourth-order valence-corrected chi connectivity index (χ4v) is 2.84. The van der Waals surface area contributed by atoms with E-state index in [0.717, 1.165) is 16.7 Å². The monoisotopic (exact) mass is 330 g/mol. The summed E-state index contributed by atoms with van der Waals surface area (Å²) in [5, 5.41) is 3.37. The molecule has 3 aromatic rings. The van der Waals surface area contributed by atoms with E-state index in [1.807, 2.05) is 37.5 Å². The van der Waals surface area contributed by atoms with Crippen molar-refractivity contribution in [2.75, 3.05) is 0 Å². The first-order chi connectivity index (χ1) is 11.0. The topological polar surface area (TPSA) is 51.9 Å². The van der Waals surface area contributed by atoms with Crippen molar-refractivity contribution in [1.82, 2.24) is 19.4 Å². The predicted octanol–water partition coefficient (Wildman–Crippen LogP) is 3.54. The molecule has 1 N–H and O–H groups in total. The van der Waals surface area contributed by atoms with Gasteiger partial charge in [0.05, 0.1) is 17.6 Å². The molecule has 0 unspecified atom stereocenters. The summed E-state index contributed by atoms with van der Waals surface area (Å²) in [4.78, 5) is 16.6. The molecule has 0 saturated carbocycles. The molecule has 0 atom stereocenters. The third-order valence-corrected chi connectivity index (χ3v) is 4.28. The van der Waals surface area contributed by atoms with Gasteiger partial charge in [0.15, 0.2) is 0 Å². The molecule has 2 aromatic heterocycles. The molecule has 2 heterocycles. The number of carbonyl (C=O) groups is 1. The molecule has 0 bridgehead atoms. The smallest absolute Gasteiger partial charge is 0.251 e. The fraction of sp³-hybridized carbons (Fsp3) is 0.294. The van der Waals surface area contributed by atoms with Gasteiger partial charge in [-0.15, -0.1) is 0 Å². The van der Waals surface area contributed by atoms with E-state index in [4.69, 9.17) is 11.6 Å². The Balaban J connectivity index is 1.78. The normalized spacial score (nSPS) is 11.3. The molecule has 1 aromatic carbocycles. The van der Waals surface area contributed by atoms with E-state index in [0.29, 0.717) is 23.4 Å². The Morgan fingerprint density at radius 2 is 2.13 bits per heavy atom. The molecule has 0 saturated heterocycles. The fourth-order valence-electron chi connectivity index (χ4n) is 2.66. The number of benzene rings is 1. The quantitative estimate of drug-likeness (QED) is 0.795. The highest BCUT2D eigenvalue weighted by Crippen LogP contribution is 2.19. The van der Waals surface area contributed by atoms with Crippen LogP contribution in [-0.4, -0.2) is 20.0 Å². The minimum atomic E-state index is -0.110. The molecule has 120 valence electrons. The first-order valence-electron chi connectivity index (χ1n) is 7.53. The molecule has 0 fully saturated rings. The van der Waals surface area contributed by atoms with Crippen LogP contribution in [0.1, 0.15) is 35.9 Å². The number of hydrogen-bond acceptors (Lipinski definition) is 2. The summed E-state index contributed by atoms with van der Waals surface area (Å²) < 4.78 is 3.90. The maximum Gasteiger partial charge on any atom is 0.251 e. The van der Waals surface area contributed by atoms with Gasteiger partial charge in [-0.25, -0.2) is 4.98 Å². The third-order valence-electron chi connectivity index (χ3n) is 3.94. The zero-order chi connectivity index (χ0) is 16.6. The van der Waals surface area contributed by atoms with Crippen molar-refractivity contribution in [2.45, 2.75) is 26.4 Å². The van der Waals surface area contributed by atoms with Crippen molar-refractivity contribution >= 4 is 28.5 Å². The van der Waals surface area contributed by atoms with Crippen LogP contribution in [0.3, 0.4) is 0 Å². The standard InChI is InChI=1S/C17H19ClN4O/c1-11(2)22-8-4-5-13(22)10-19-16(23)12-6-7-14-15(9-12)21(3)17(18)20-14/h4-9,11H,10H2,1-3H3,(H,19,23). The van der Waals surface area contributed by atoms with Crippen molar-refractivity contribution in [1.29, 1.82) is 0 Å². The van der Waals surface area contributed by atoms with Crippen LogP contribution in [-0.2, 0) is 13.6 Å². The summed E-state index contributed by atoms with van der Waals surface area (Å²) >= 11 is 6.01. The Morgan fingerprint density at radius 3 is 2.87 bits per heavy atom. The number of fused-ring (bicyclic) bond motifs is 1. The number of carbonyl (C=O) groups excluding carboxylic acids is 1. The Morgan fingerprint density at radius 1 is 1.35 bits per heavy atom. The maximum atomic E-state index is 12.4. The molecule has 0 spiro atoms. The van der Waals surface area contributed by atoms with Gasteiger partial charge in [0.1, 0.15) is 0 Å². The van der Waals surface area contributed by atoms with E-state index in [1.54, 1.807) is 10.6 Å². The number of rotatable bonds is 4. The number of imidazole rings is 1. The molecule has 0 radical (unpaired) electrons. The largest absolute Gasteiger partial charge is 0.347 e. The first-order valence-corrected chi connectivity index (χ1v) is 7.91. The molecule has 23 heavy (non-hydrogen) atoms. The van der Waals surface area contributed by atoms with Crippen LogP contribution in [0.4, 0.5) is 0 Å². The number of aryl methyl sites for hydroxylation is 1. The second-order valence-corrected chi connectivity index (χ2v) is 6.16. The van der Waals surface area contributed by atoms with Crippen LogP contribution in [0.15, 0.2) is 36.5 Å². The van der Waals surface area contributed by atoms with E-state index in [1.165, 1.54) is 0 Å². The lowest BCUT2D eigenvalue weighted by Gasteiger charge is -2.13. The molecule has 5 nitrogen and oxygen atoms in total. The number of nitrogens with one attached hydrogen (secondary N) is 1. The summed E-state index contributed by atoms with van der Waals surface area (Å²) in [5.41, 5.74) is 3.30. The molecule has 0 aliphatic rings. The van der Waals surface area contributed by atoms with Gasteiger partial charge < -0.3 is 14.5 Å². The third kappa shape index (κ3) is 2.97. The van der Waals surface area contributed by atoms with Gasteiger partial charge in [-0.05, 0) is 55.8 Å². The van der Waals surface area contributed by atoms with Crippen LogP contribution in [0.25, 0.3) is 11.0 Å². The van der Waals surface area contributed by atoms with Crippen LogP contribution >= 0.6 is 11.6 Å². The van der Waals surface area contributed by atoms with Crippen molar-refractivity contribution in [2.24, 2.45) is 7.05 Å². The van der Waals surface area contributed by atoms with Crippen molar-refractivity contribution < 1.29 is 4.79 Å². The van der Waals surface area contributed by atoms with Crippen LogP contribution in [0.5, 0.6) is 0 Å². The SMILES string of the molecule is CC(C)n1cccc1CNC(=O)c1ccc2nc(Cl)n(C)c2c1. The highest BCUT2D eigenvalue weighted by atomic mass is 35.5. The van der Waals surface area contributed by atoms with E-state index in [-0.39, 0.29) is 5.91 Å². The van der Waals surface area contributed by atoms with Gasteiger partial charge in [-0.2, -0.15) is 0 Å². The number of aromatic nitrogens is 3. The number of amides is 1. The first kappa shape index (κ1) is 15.6. The van der Waals surface area contributed by atoms with Crippen molar-refractivity contribution in [3.63, 3.8) is 0 Å². The Kier molecular flexibility index (Phi) is 4.13. The summed E-state index contributed by atoms with van der Waals surface area (Å²) in [5.74, 6) is -0.110. The molecular weight excluding hydrogens is 312 g/mol. The highest BCUT2D eigenvalue weighted by Gasteiger charge is 2.12. The highest BCUT2D eigenvalue weighted by molar-refractivity contribution is 6.29. The second-order valence-electron chi connectivity index (χ2n) is 5.83. The summed E-state index contributed by atoms with van der Waals surface area (Å²) in [7, 11) is 1.83. The molecule has 0 aliphatic heterocycles. The average molecular weight is 331 g/mol. The van der Waals surface area contributed by atoms with Crippen molar-refractivity contribution in [3.8, 4) is 0 Å². The van der Waals surface area contributed by atoms with E-state index >= 15 is 0 Å². The van der Waals surface area contributed by atoms with Gasteiger partial charge >= 0.3 is 0 Å². The van der Waals surface area contributed by atoms with E-state index < -0.39 is 0 Å². The lowest BCUT2D eigenvalue weighted by atomic mass is 10.2. The molecule has 6 heteroatoms. The van der Waals surface area contributed by atoms with Crippen molar-refractivity contribution in [3.05, 3.63) is 53.1 Å². The minimum Gasteiger partial charge on any atom is -0.347 e. The molecule has 3 rings (SSSR count). The van der Waals surface area contributed by atoms with Gasteiger partial charge in [0.25, 0.3) is 5.91 Å². The Labute approximate surface area is 139 Å². The Hall–Kier alpha value is -2.27. The van der Waals surface area contributed by atoms with Crippen LogP contribution < -0.4 is 5.32 Å². The van der Waals surface area contributed by atoms with Crippen LogP contribution in [0, 0.1) is 0 Å². The predicted molar refractivity (Wildman–Crippen MR) is 91.7 cm³/mol. The summed E-state index contributed by atoms with van der Waals surface area (Å²) in [6, 6.07) is 9.76. The molecular formula is C17H19ClN4O. The van der Waals surface area contributed by atoms with E-state index in [9.17, 15) is 4.79 Å². The number of nitrogens with zero attached hydrogens (tertiary/aromatic N) is 3. The van der Waals surface area contributed by atoms with Gasteiger partial charge in [0, 0.05) is 30.5 Å². The number of halogens is 1. The van der Waals surface area contributed by atoms with Gasteiger partial charge in [-0.3, -0.25) is 4.79 Å². The molecule has 0 aliphatic carbocycles. The van der Waals surface area contributed by atoms with E-state index in [2.05, 4.69) is 28.7 Å². The minimum absolute atomic E-state index is 0.110. The van der Waals surface area contributed by atoms with Gasteiger partial charge in [0.2, 0.25) is 5.28 Å².